The molecule has 2 aliphatic heterocycles. The number of carbonyl (C=O) groups excluding carboxylic acids is 2. The van der Waals surface area contributed by atoms with E-state index >= 15 is 0 Å². The molecule has 2 fully saturated rings. The minimum absolute atomic E-state index is 0.0357. The van der Waals surface area contributed by atoms with Gasteiger partial charge in [-0.15, -0.1) is 0 Å². The minimum Gasteiger partial charge on any atom is -0.493 e. The van der Waals surface area contributed by atoms with Crippen LogP contribution >= 0.6 is 11.6 Å². The number of piperidine rings is 1. The number of hydrogen-bond acceptors (Lipinski definition) is 5. The minimum atomic E-state index is -0.248. The molecule has 0 aromatic heterocycles. The summed E-state index contributed by atoms with van der Waals surface area (Å²) in [6.07, 6.45) is 1.78. The van der Waals surface area contributed by atoms with E-state index in [-0.39, 0.29) is 35.2 Å². The summed E-state index contributed by atoms with van der Waals surface area (Å²) in [6.45, 7) is 1.08. The normalized spacial score (nSPS) is 22.4. The molecule has 0 unspecified atom stereocenters. The second kappa shape index (κ2) is 8.20. The molecule has 3 aliphatic rings. The van der Waals surface area contributed by atoms with Gasteiger partial charge in [0.25, 0.3) is 5.91 Å². The molecule has 0 spiro atoms. The van der Waals surface area contributed by atoms with Crippen molar-refractivity contribution in [1.29, 1.82) is 0 Å². The van der Waals surface area contributed by atoms with E-state index in [1.54, 1.807) is 17.0 Å². The standard InChI is InChI=1S/C24H25ClN2O5/c1-30-18-8-7-17(20(25)22(18)31-2)23(28)26-11-9-15(10-12-26)27-21-16-6-4-3-5-14(16)13-19(21)32-24(27)29/h3-8,15,19,21H,9-13H2,1-2H3/t19-,21+/m0/s1. The van der Waals surface area contributed by atoms with Gasteiger partial charge in [-0.2, -0.15) is 0 Å². The van der Waals surface area contributed by atoms with E-state index in [1.807, 2.05) is 17.0 Å². The van der Waals surface area contributed by atoms with Gasteiger partial charge in [0.15, 0.2) is 11.5 Å². The predicted octanol–water partition coefficient (Wildman–Crippen LogP) is 4.08. The fourth-order valence-corrected chi connectivity index (χ4v) is 5.54. The number of rotatable bonds is 4. The Hall–Kier alpha value is -2.93. The number of ether oxygens (including phenoxy) is 3. The Labute approximate surface area is 191 Å². The van der Waals surface area contributed by atoms with Crippen molar-refractivity contribution < 1.29 is 23.8 Å². The van der Waals surface area contributed by atoms with Crippen molar-refractivity contribution in [3.8, 4) is 11.5 Å². The van der Waals surface area contributed by atoms with E-state index in [0.717, 1.165) is 6.42 Å². The van der Waals surface area contributed by atoms with Crippen molar-refractivity contribution in [2.45, 2.75) is 37.5 Å². The molecule has 1 aliphatic carbocycles. The van der Waals surface area contributed by atoms with Gasteiger partial charge in [0.2, 0.25) is 0 Å². The zero-order valence-corrected chi connectivity index (χ0v) is 18.8. The average Bonchev–Trinajstić information content (AvgIpc) is 3.32. The number of nitrogens with zero attached hydrogens (tertiary/aromatic N) is 2. The smallest absolute Gasteiger partial charge is 0.411 e. The molecule has 8 heteroatoms. The molecule has 5 rings (SSSR count). The van der Waals surface area contributed by atoms with Gasteiger partial charge in [-0.25, -0.2) is 4.79 Å². The highest BCUT2D eigenvalue weighted by molar-refractivity contribution is 6.35. The van der Waals surface area contributed by atoms with Gasteiger partial charge < -0.3 is 19.1 Å². The lowest BCUT2D eigenvalue weighted by Crippen LogP contribution is -2.47. The van der Waals surface area contributed by atoms with Gasteiger partial charge in [0, 0.05) is 25.6 Å². The number of halogens is 1. The first-order valence-electron chi connectivity index (χ1n) is 10.8. The highest BCUT2D eigenvalue weighted by atomic mass is 35.5. The van der Waals surface area contributed by atoms with Crippen LogP contribution in [0.5, 0.6) is 11.5 Å². The first-order chi connectivity index (χ1) is 15.5. The highest BCUT2D eigenvalue weighted by Crippen LogP contribution is 2.45. The van der Waals surface area contributed by atoms with Crippen molar-refractivity contribution in [1.82, 2.24) is 9.80 Å². The van der Waals surface area contributed by atoms with Crippen LogP contribution < -0.4 is 9.47 Å². The van der Waals surface area contributed by atoms with Crippen molar-refractivity contribution in [3.05, 3.63) is 58.1 Å². The van der Waals surface area contributed by atoms with Crippen LogP contribution in [0.1, 0.15) is 40.4 Å². The van der Waals surface area contributed by atoms with Crippen molar-refractivity contribution >= 4 is 23.6 Å². The molecule has 0 radical (unpaired) electrons. The molecule has 2 heterocycles. The lowest BCUT2D eigenvalue weighted by molar-refractivity contribution is 0.0635. The van der Waals surface area contributed by atoms with Gasteiger partial charge in [-0.3, -0.25) is 9.69 Å². The van der Waals surface area contributed by atoms with E-state index in [9.17, 15) is 9.59 Å². The number of likely N-dealkylation sites (tertiary alicyclic amines) is 1. The van der Waals surface area contributed by atoms with Crippen LogP contribution in [0.2, 0.25) is 5.02 Å². The van der Waals surface area contributed by atoms with Gasteiger partial charge in [-0.1, -0.05) is 35.9 Å². The number of carbonyl (C=O) groups is 2. The fourth-order valence-electron chi connectivity index (χ4n) is 5.22. The molecule has 0 bridgehead atoms. The van der Waals surface area contributed by atoms with Gasteiger partial charge >= 0.3 is 6.09 Å². The molecule has 168 valence electrons. The van der Waals surface area contributed by atoms with E-state index in [4.69, 9.17) is 25.8 Å². The Kier molecular flexibility index (Phi) is 5.37. The van der Waals surface area contributed by atoms with E-state index < -0.39 is 0 Å². The molecule has 0 N–H and O–H groups in total. The third kappa shape index (κ3) is 3.26. The van der Waals surface area contributed by atoms with Crippen LogP contribution in [0, 0.1) is 0 Å². The van der Waals surface area contributed by atoms with Gasteiger partial charge in [0.1, 0.15) is 6.10 Å². The van der Waals surface area contributed by atoms with Crippen LogP contribution in [0.3, 0.4) is 0 Å². The van der Waals surface area contributed by atoms with E-state index in [2.05, 4.69) is 12.1 Å². The number of fused-ring (bicyclic) bond motifs is 3. The fraction of sp³-hybridized carbons (Fsp3) is 0.417. The summed E-state index contributed by atoms with van der Waals surface area (Å²) in [5.74, 6) is 0.676. The Morgan fingerprint density at radius 1 is 1.09 bits per heavy atom. The van der Waals surface area contributed by atoms with Crippen molar-refractivity contribution in [2.24, 2.45) is 0 Å². The lowest BCUT2D eigenvalue weighted by Gasteiger charge is -2.38. The monoisotopic (exact) mass is 456 g/mol. The second-order valence-electron chi connectivity index (χ2n) is 8.36. The molecule has 2 amide bonds. The average molecular weight is 457 g/mol. The quantitative estimate of drug-likeness (QED) is 0.693. The van der Waals surface area contributed by atoms with Crippen molar-refractivity contribution in [3.63, 3.8) is 0 Å². The second-order valence-corrected chi connectivity index (χ2v) is 8.74. The maximum atomic E-state index is 13.2. The SMILES string of the molecule is COc1ccc(C(=O)N2CCC(N3C(=O)O[C@H]4Cc5ccccc5[C@H]43)CC2)c(Cl)c1OC. The van der Waals surface area contributed by atoms with Gasteiger partial charge in [-0.05, 0) is 36.1 Å². The Bertz CT molecular complexity index is 1070. The van der Waals surface area contributed by atoms with Crippen molar-refractivity contribution in [2.75, 3.05) is 27.3 Å². The molecule has 2 aromatic carbocycles. The lowest BCUT2D eigenvalue weighted by atomic mass is 9.98. The number of amides is 2. The van der Waals surface area contributed by atoms with Gasteiger partial charge in [0.05, 0.1) is 30.8 Å². The Morgan fingerprint density at radius 2 is 1.84 bits per heavy atom. The van der Waals surface area contributed by atoms with Crippen LogP contribution in [0.15, 0.2) is 36.4 Å². The molecule has 2 atom stereocenters. The molecule has 0 saturated carbocycles. The molecular formula is C24H25ClN2O5. The number of methoxy groups -OCH3 is 2. The van der Waals surface area contributed by atoms with Crippen LogP contribution in [-0.4, -0.2) is 61.3 Å². The highest BCUT2D eigenvalue weighted by Gasteiger charge is 2.50. The maximum Gasteiger partial charge on any atom is 0.411 e. The number of benzene rings is 2. The zero-order valence-electron chi connectivity index (χ0n) is 18.0. The van der Waals surface area contributed by atoms with E-state index in [1.165, 1.54) is 25.3 Å². The third-order valence-electron chi connectivity index (χ3n) is 6.77. The Morgan fingerprint density at radius 3 is 2.56 bits per heavy atom. The Balaban J connectivity index is 1.31. The van der Waals surface area contributed by atoms with Crippen LogP contribution in [0.4, 0.5) is 4.79 Å². The summed E-state index contributed by atoms with van der Waals surface area (Å²) in [7, 11) is 3.02. The summed E-state index contributed by atoms with van der Waals surface area (Å²) < 4.78 is 16.3. The first kappa shape index (κ1) is 20.9. The first-order valence-corrected chi connectivity index (χ1v) is 11.2. The predicted molar refractivity (Wildman–Crippen MR) is 118 cm³/mol. The summed E-state index contributed by atoms with van der Waals surface area (Å²) in [4.78, 5) is 29.5. The molecule has 2 saturated heterocycles. The summed E-state index contributed by atoms with van der Waals surface area (Å²) >= 11 is 6.45. The van der Waals surface area contributed by atoms with E-state index in [0.29, 0.717) is 43.0 Å². The maximum absolute atomic E-state index is 13.2. The summed E-state index contributed by atoms with van der Waals surface area (Å²) in [5, 5.41) is 0.243. The summed E-state index contributed by atoms with van der Waals surface area (Å²) in [6, 6.07) is 11.6. The summed E-state index contributed by atoms with van der Waals surface area (Å²) in [5.41, 5.74) is 2.81. The molecule has 7 nitrogen and oxygen atoms in total. The van der Waals surface area contributed by atoms with Crippen LogP contribution in [0.25, 0.3) is 0 Å². The molecule has 2 aromatic rings. The molecule has 32 heavy (non-hydrogen) atoms. The van der Waals surface area contributed by atoms with Crippen LogP contribution in [-0.2, 0) is 11.2 Å². The topological polar surface area (TPSA) is 68.3 Å². The molecular weight excluding hydrogens is 432 g/mol. The third-order valence-corrected chi connectivity index (χ3v) is 7.15. The zero-order chi connectivity index (χ0) is 22.4. The largest absolute Gasteiger partial charge is 0.493 e. The number of hydrogen-bond donors (Lipinski definition) is 0.